The maximum absolute atomic E-state index is 12.3. The van der Waals surface area contributed by atoms with Crippen LogP contribution in [0.4, 0.5) is 0 Å². The molecule has 24 heavy (non-hydrogen) atoms. The van der Waals surface area contributed by atoms with E-state index in [1.54, 1.807) is 36.4 Å². The van der Waals surface area contributed by atoms with Crippen molar-refractivity contribution in [2.75, 3.05) is 0 Å². The molecule has 1 aromatic heterocycles. The summed E-state index contributed by atoms with van der Waals surface area (Å²) in [6.45, 7) is 0.325. The van der Waals surface area contributed by atoms with E-state index in [2.05, 4.69) is 10.4 Å². The first-order valence-corrected chi connectivity index (χ1v) is 7.70. The number of para-hydroxylation sites is 1. The monoisotopic (exact) mass is 339 g/mol. The predicted molar refractivity (Wildman–Crippen MR) is 92.5 cm³/mol. The van der Waals surface area contributed by atoms with Gasteiger partial charge in [-0.05, 0) is 35.9 Å². The summed E-state index contributed by atoms with van der Waals surface area (Å²) in [7, 11) is 0. The van der Waals surface area contributed by atoms with Gasteiger partial charge in [0.15, 0.2) is 0 Å². The van der Waals surface area contributed by atoms with E-state index in [-0.39, 0.29) is 17.2 Å². The molecule has 0 radical (unpaired) electrons. The highest BCUT2D eigenvalue weighted by Gasteiger charge is 2.10. The lowest BCUT2D eigenvalue weighted by atomic mass is 10.2. The zero-order chi connectivity index (χ0) is 16.9. The molecule has 0 aliphatic rings. The topological polar surface area (TPSA) is 64.0 Å². The number of aromatic nitrogens is 2. The van der Waals surface area contributed by atoms with Gasteiger partial charge in [-0.2, -0.15) is 9.78 Å². The zero-order valence-electron chi connectivity index (χ0n) is 12.6. The molecule has 120 valence electrons. The molecular formula is C18H14ClN3O2. The van der Waals surface area contributed by atoms with Crippen molar-refractivity contribution in [3.8, 4) is 5.69 Å². The Balaban J connectivity index is 1.79. The van der Waals surface area contributed by atoms with Crippen molar-refractivity contribution in [2.24, 2.45) is 0 Å². The van der Waals surface area contributed by atoms with Gasteiger partial charge in [-0.15, -0.1) is 0 Å². The van der Waals surface area contributed by atoms with Crippen LogP contribution in [0.5, 0.6) is 0 Å². The molecule has 0 aliphatic carbocycles. The van der Waals surface area contributed by atoms with E-state index in [0.29, 0.717) is 17.3 Å². The van der Waals surface area contributed by atoms with Crippen molar-refractivity contribution in [1.29, 1.82) is 0 Å². The largest absolute Gasteiger partial charge is 0.347 e. The number of rotatable bonds is 4. The standard InChI is InChI=1S/C18H14ClN3O2/c19-14-6-4-5-13(11-14)12-20-18(24)16-9-10-17(23)22(21-16)15-7-2-1-3-8-15/h1-11H,12H2,(H,20,24). The molecule has 0 aliphatic heterocycles. The van der Waals surface area contributed by atoms with Crippen LogP contribution in [-0.4, -0.2) is 15.7 Å². The molecule has 5 nitrogen and oxygen atoms in total. The second-order valence-electron chi connectivity index (χ2n) is 5.12. The Labute approximate surface area is 143 Å². The molecule has 1 N–H and O–H groups in total. The van der Waals surface area contributed by atoms with Crippen LogP contribution < -0.4 is 10.9 Å². The lowest BCUT2D eigenvalue weighted by molar-refractivity contribution is 0.0944. The van der Waals surface area contributed by atoms with Gasteiger partial charge in [0.1, 0.15) is 5.69 Å². The number of hydrogen-bond donors (Lipinski definition) is 1. The van der Waals surface area contributed by atoms with Crippen LogP contribution in [-0.2, 0) is 6.54 Å². The fourth-order valence-corrected chi connectivity index (χ4v) is 2.42. The first kappa shape index (κ1) is 16.0. The number of carbonyl (C=O) groups excluding carboxylic acids is 1. The summed E-state index contributed by atoms with van der Waals surface area (Å²) in [4.78, 5) is 24.2. The Morgan fingerprint density at radius 2 is 1.83 bits per heavy atom. The summed E-state index contributed by atoms with van der Waals surface area (Å²) in [5.41, 5.74) is 1.35. The fraction of sp³-hybridized carbons (Fsp3) is 0.0556. The van der Waals surface area contributed by atoms with Crippen LogP contribution in [0.15, 0.2) is 71.5 Å². The van der Waals surface area contributed by atoms with Crippen molar-refractivity contribution in [3.63, 3.8) is 0 Å². The van der Waals surface area contributed by atoms with Crippen molar-refractivity contribution in [1.82, 2.24) is 15.1 Å². The molecule has 3 aromatic rings. The number of nitrogens with one attached hydrogen (secondary N) is 1. The third-order valence-electron chi connectivity index (χ3n) is 3.38. The van der Waals surface area contributed by atoms with Gasteiger partial charge in [-0.1, -0.05) is 41.9 Å². The van der Waals surface area contributed by atoms with E-state index in [0.717, 1.165) is 5.56 Å². The second-order valence-corrected chi connectivity index (χ2v) is 5.55. The third kappa shape index (κ3) is 3.70. The van der Waals surface area contributed by atoms with Crippen molar-refractivity contribution >= 4 is 17.5 Å². The van der Waals surface area contributed by atoms with Crippen molar-refractivity contribution in [2.45, 2.75) is 6.54 Å². The number of carbonyl (C=O) groups is 1. The second kappa shape index (κ2) is 7.10. The van der Waals surface area contributed by atoms with Crippen LogP contribution in [0.2, 0.25) is 5.02 Å². The number of amides is 1. The maximum Gasteiger partial charge on any atom is 0.272 e. The van der Waals surface area contributed by atoms with E-state index in [1.807, 2.05) is 18.2 Å². The highest BCUT2D eigenvalue weighted by molar-refractivity contribution is 6.30. The zero-order valence-corrected chi connectivity index (χ0v) is 13.4. The molecular weight excluding hydrogens is 326 g/mol. The lowest BCUT2D eigenvalue weighted by Crippen LogP contribution is -2.28. The van der Waals surface area contributed by atoms with Gasteiger partial charge in [-0.25, -0.2) is 0 Å². The van der Waals surface area contributed by atoms with Crippen LogP contribution in [0.1, 0.15) is 16.1 Å². The van der Waals surface area contributed by atoms with Gasteiger partial charge >= 0.3 is 0 Å². The Hall–Kier alpha value is -2.92. The predicted octanol–water partition coefficient (Wildman–Crippen LogP) is 2.82. The summed E-state index contributed by atoms with van der Waals surface area (Å²) < 4.78 is 1.20. The normalized spacial score (nSPS) is 10.4. The van der Waals surface area contributed by atoms with Crippen LogP contribution in [0.3, 0.4) is 0 Å². The molecule has 0 bridgehead atoms. The molecule has 0 atom stereocenters. The minimum absolute atomic E-state index is 0.167. The minimum Gasteiger partial charge on any atom is -0.347 e. The van der Waals surface area contributed by atoms with Gasteiger partial charge in [0.2, 0.25) is 0 Å². The van der Waals surface area contributed by atoms with Crippen molar-refractivity contribution < 1.29 is 4.79 Å². The van der Waals surface area contributed by atoms with Crippen LogP contribution in [0.25, 0.3) is 5.69 Å². The molecule has 0 fully saturated rings. The lowest BCUT2D eigenvalue weighted by Gasteiger charge is -2.08. The Morgan fingerprint density at radius 3 is 2.58 bits per heavy atom. The average molecular weight is 340 g/mol. The summed E-state index contributed by atoms with van der Waals surface area (Å²) in [6, 6.07) is 18.9. The molecule has 1 amide bonds. The number of benzene rings is 2. The smallest absolute Gasteiger partial charge is 0.272 e. The minimum atomic E-state index is -0.361. The quantitative estimate of drug-likeness (QED) is 0.795. The highest BCUT2D eigenvalue weighted by atomic mass is 35.5. The summed E-state index contributed by atoms with van der Waals surface area (Å²) in [6.07, 6.45) is 0. The Bertz CT molecular complexity index is 923. The first-order valence-electron chi connectivity index (χ1n) is 7.32. The van der Waals surface area contributed by atoms with Gasteiger partial charge in [0, 0.05) is 17.6 Å². The molecule has 0 spiro atoms. The van der Waals surface area contributed by atoms with E-state index in [1.165, 1.54) is 16.8 Å². The van der Waals surface area contributed by atoms with Crippen LogP contribution in [0, 0.1) is 0 Å². The molecule has 0 saturated carbocycles. The molecule has 0 unspecified atom stereocenters. The maximum atomic E-state index is 12.3. The van der Waals surface area contributed by atoms with Crippen molar-refractivity contribution in [3.05, 3.63) is 93.4 Å². The van der Waals surface area contributed by atoms with Crippen LogP contribution >= 0.6 is 11.6 Å². The number of hydrogen-bond acceptors (Lipinski definition) is 3. The Morgan fingerprint density at radius 1 is 1.04 bits per heavy atom. The van der Waals surface area contributed by atoms with E-state index < -0.39 is 0 Å². The Kier molecular flexibility index (Phi) is 4.72. The van der Waals surface area contributed by atoms with E-state index >= 15 is 0 Å². The SMILES string of the molecule is O=C(NCc1cccc(Cl)c1)c1ccc(=O)n(-c2ccccc2)n1. The van der Waals surface area contributed by atoms with E-state index in [9.17, 15) is 9.59 Å². The first-order chi connectivity index (χ1) is 11.6. The fourth-order valence-electron chi connectivity index (χ4n) is 2.21. The summed E-state index contributed by atoms with van der Waals surface area (Å²) >= 11 is 5.92. The van der Waals surface area contributed by atoms with Gasteiger partial charge in [-0.3, -0.25) is 9.59 Å². The molecule has 1 heterocycles. The molecule has 6 heteroatoms. The van der Waals surface area contributed by atoms with E-state index in [4.69, 9.17) is 11.6 Å². The van der Waals surface area contributed by atoms with Gasteiger partial charge < -0.3 is 5.32 Å². The number of nitrogens with zero attached hydrogens (tertiary/aromatic N) is 2. The highest BCUT2D eigenvalue weighted by Crippen LogP contribution is 2.10. The third-order valence-corrected chi connectivity index (χ3v) is 3.61. The number of halogens is 1. The summed E-state index contributed by atoms with van der Waals surface area (Å²) in [5.74, 6) is -0.361. The summed E-state index contributed by atoms with van der Waals surface area (Å²) in [5, 5.41) is 7.51. The van der Waals surface area contributed by atoms with Gasteiger partial charge in [0.05, 0.1) is 5.69 Å². The average Bonchev–Trinajstić information content (AvgIpc) is 2.61. The molecule has 3 rings (SSSR count). The van der Waals surface area contributed by atoms with Gasteiger partial charge in [0.25, 0.3) is 11.5 Å². The molecule has 2 aromatic carbocycles. The molecule has 0 saturated heterocycles.